The highest BCUT2D eigenvalue weighted by atomic mass is 16.5. The van der Waals surface area contributed by atoms with E-state index in [1.54, 1.807) is 18.2 Å². The molecule has 2 aromatic carbocycles. The molecule has 19 heavy (non-hydrogen) atoms. The van der Waals surface area contributed by atoms with Gasteiger partial charge in [-0.15, -0.1) is 0 Å². The Morgan fingerprint density at radius 1 is 1.16 bits per heavy atom. The minimum atomic E-state index is -0.403. The van der Waals surface area contributed by atoms with E-state index in [0.717, 1.165) is 16.7 Å². The molecule has 2 aromatic rings. The SMILES string of the molecule is COC(=O)c1ccc(C#N)c(-c2ccccc2C)c1. The average molecular weight is 251 g/mol. The summed E-state index contributed by atoms with van der Waals surface area (Å²) < 4.78 is 4.71. The highest BCUT2D eigenvalue weighted by molar-refractivity contribution is 5.92. The van der Waals surface area contributed by atoms with Crippen LogP contribution in [0.25, 0.3) is 11.1 Å². The number of nitriles is 1. The molecule has 0 saturated heterocycles. The van der Waals surface area contributed by atoms with Gasteiger partial charge in [-0.05, 0) is 36.2 Å². The summed E-state index contributed by atoms with van der Waals surface area (Å²) >= 11 is 0. The Hall–Kier alpha value is -2.60. The molecule has 3 heteroatoms. The Labute approximate surface area is 112 Å². The van der Waals surface area contributed by atoms with E-state index in [1.807, 2.05) is 31.2 Å². The van der Waals surface area contributed by atoms with Gasteiger partial charge in [-0.1, -0.05) is 24.3 Å². The van der Waals surface area contributed by atoms with E-state index in [2.05, 4.69) is 6.07 Å². The molecule has 0 unspecified atom stereocenters. The summed E-state index contributed by atoms with van der Waals surface area (Å²) in [6.07, 6.45) is 0. The maximum absolute atomic E-state index is 11.6. The smallest absolute Gasteiger partial charge is 0.337 e. The van der Waals surface area contributed by atoms with Crippen molar-refractivity contribution in [3.8, 4) is 17.2 Å². The maximum Gasteiger partial charge on any atom is 0.337 e. The van der Waals surface area contributed by atoms with Crippen LogP contribution in [0.15, 0.2) is 42.5 Å². The molecule has 0 bridgehead atoms. The predicted octanol–water partition coefficient (Wildman–Crippen LogP) is 3.32. The van der Waals surface area contributed by atoms with E-state index in [1.165, 1.54) is 7.11 Å². The molecule has 0 aliphatic rings. The topological polar surface area (TPSA) is 50.1 Å². The standard InChI is InChI=1S/C16H13NO2/c1-11-5-3-4-6-14(11)15-9-12(16(18)19-2)7-8-13(15)10-17/h3-9H,1-2H3. The Balaban J connectivity index is 2.64. The van der Waals surface area contributed by atoms with Crippen molar-refractivity contribution >= 4 is 5.97 Å². The van der Waals surface area contributed by atoms with Crippen LogP contribution in [0, 0.1) is 18.3 Å². The quantitative estimate of drug-likeness (QED) is 0.769. The first-order valence-electron chi connectivity index (χ1n) is 5.86. The number of rotatable bonds is 2. The van der Waals surface area contributed by atoms with Gasteiger partial charge >= 0.3 is 5.97 Å². The zero-order chi connectivity index (χ0) is 13.8. The number of hydrogen-bond donors (Lipinski definition) is 0. The van der Waals surface area contributed by atoms with Gasteiger partial charge in [0.2, 0.25) is 0 Å². The van der Waals surface area contributed by atoms with Crippen LogP contribution in [-0.4, -0.2) is 13.1 Å². The summed E-state index contributed by atoms with van der Waals surface area (Å²) in [7, 11) is 1.34. The average Bonchev–Trinajstić information content (AvgIpc) is 2.46. The molecule has 0 aliphatic heterocycles. The fourth-order valence-corrected chi connectivity index (χ4v) is 1.98. The van der Waals surface area contributed by atoms with Gasteiger partial charge in [0.15, 0.2) is 0 Å². The van der Waals surface area contributed by atoms with Crippen LogP contribution in [0.4, 0.5) is 0 Å². The highest BCUT2D eigenvalue weighted by Gasteiger charge is 2.12. The number of esters is 1. The molecule has 0 atom stereocenters. The van der Waals surface area contributed by atoms with Gasteiger partial charge in [-0.2, -0.15) is 5.26 Å². The van der Waals surface area contributed by atoms with Crippen molar-refractivity contribution in [3.63, 3.8) is 0 Å². The van der Waals surface area contributed by atoms with E-state index in [9.17, 15) is 10.1 Å². The number of aryl methyl sites for hydroxylation is 1. The highest BCUT2D eigenvalue weighted by Crippen LogP contribution is 2.27. The fourth-order valence-electron chi connectivity index (χ4n) is 1.98. The van der Waals surface area contributed by atoms with Gasteiger partial charge < -0.3 is 4.74 Å². The lowest BCUT2D eigenvalue weighted by molar-refractivity contribution is 0.0601. The van der Waals surface area contributed by atoms with Crippen molar-refractivity contribution in [2.24, 2.45) is 0 Å². The zero-order valence-electron chi connectivity index (χ0n) is 10.8. The van der Waals surface area contributed by atoms with Crippen molar-refractivity contribution in [1.29, 1.82) is 5.26 Å². The number of methoxy groups -OCH3 is 1. The Morgan fingerprint density at radius 3 is 2.53 bits per heavy atom. The molecule has 0 fully saturated rings. The lowest BCUT2D eigenvalue weighted by Crippen LogP contribution is -2.02. The third-order valence-corrected chi connectivity index (χ3v) is 3.00. The molecule has 0 heterocycles. The first-order valence-corrected chi connectivity index (χ1v) is 5.86. The largest absolute Gasteiger partial charge is 0.465 e. The van der Waals surface area contributed by atoms with Gasteiger partial charge in [-0.3, -0.25) is 0 Å². The molecule has 0 spiro atoms. The van der Waals surface area contributed by atoms with Gasteiger partial charge in [0.25, 0.3) is 0 Å². The van der Waals surface area contributed by atoms with E-state index in [4.69, 9.17) is 4.74 Å². The lowest BCUT2D eigenvalue weighted by atomic mass is 9.95. The van der Waals surface area contributed by atoms with Crippen LogP contribution >= 0.6 is 0 Å². The van der Waals surface area contributed by atoms with Crippen LogP contribution in [0.2, 0.25) is 0 Å². The molecule has 0 radical (unpaired) electrons. The zero-order valence-corrected chi connectivity index (χ0v) is 10.8. The minimum Gasteiger partial charge on any atom is -0.465 e. The van der Waals surface area contributed by atoms with E-state index in [0.29, 0.717) is 11.1 Å². The number of carbonyl (C=O) groups is 1. The molecular formula is C16H13NO2. The van der Waals surface area contributed by atoms with Crippen molar-refractivity contribution < 1.29 is 9.53 Å². The minimum absolute atomic E-state index is 0.403. The third-order valence-electron chi connectivity index (χ3n) is 3.00. The monoisotopic (exact) mass is 251 g/mol. The summed E-state index contributed by atoms with van der Waals surface area (Å²) in [5.74, 6) is -0.403. The van der Waals surface area contributed by atoms with E-state index in [-0.39, 0.29) is 0 Å². The van der Waals surface area contributed by atoms with Crippen molar-refractivity contribution in [1.82, 2.24) is 0 Å². The molecule has 0 amide bonds. The van der Waals surface area contributed by atoms with Crippen molar-refractivity contribution in [2.45, 2.75) is 6.92 Å². The molecule has 0 saturated carbocycles. The number of nitrogens with zero attached hydrogens (tertiary/aromatic N) is 1. The maximum atomic E-state index is 11.6. The van der Waals surface area contributed by atoms with Gasteiger partial charge in [0.1, 0.15) is 0 Å². The Bertz CT molecular complexity index is 669. The van der Waals surface area contributed by atoms with Gasteiger partial charge in [0, 0.05) is 5.56 Å². The van der Waals surface area contributed by atoms with Gasteiger partial charge in [0.05, 0.1) is 24.3 Å². The summed E-state index contributed by atoms with van der Waals surface area (Å²) in [5.41, 5.74) is 3.75. The number of hydrogen-bond acceptors (Lipinski definition) is 3. The Morgan fingerprint density at radius 2 is 1.89 bits per heavy atom. The fraction of sp³-hybridized carbons (Fsp3) is 0.125. The lowest BCUT2D eigenvalue weighted by Gasteiger charge is -2.09. The van der Waals surface area contributed by atoms with E-state index >= 15 is 0 Å². The molecule has 0 aromatic heterocycles. The van der Waals surface area contributed by atoms with Crippen LogP contribution in [0.5, 0.6) is 0 Å². The molecule has 94 valence electrons. The third kappa shape index (κ3) is 2.48. The van der Waals surface area contributed by atoms with E-state index < -0.39 is 5.97 Å². The molecule has 0 N–H and O–H groups in total. The van der Waals surface area contributed by atoms with Crippen LogP contribution in [0.3, 0.4) is 0 Å². The second-order valence-corrected chi connectivity index (χ2v) is 4.18. The normalized spacial score (nSPS) is 9.74. The first kappa shape index (κ1) is 12.8. The summed E-state index contributed by atoms with van der Waals surface area (Å²) in [6.45, 7) is 1.97. The van der Waals surface area contributed by atoms with Crippen LogP contribution in [0.1, 0.15) is 21.5 Å². The number of benzene rings is 2. The van der Waals surface area contributed by atoms with Crippen LogP contribution in [-0.2, 0) is 4.74 Å². The molecule has 3 nitrogen and oxygen atoms in total. The molecule has 0 aliphatic carbocycles. The molecular weight excluding hydrogens is 238 g/mol. The van der Waals surface area contributed by atoms with Crippen LogP contribution < -0.4 is 0 Å². The second kappa shape index (κ2) is 5.36. The van der Waals surface area contributed by atoms with Crippen molar-refractivity contribution in [3.05, 3.63) is 59.2 Å². The Kier molecular flexibility index (Phi) is 3.63. The first-order chi connectivity index (χ1) is 9.17. The summed E-state index contributed by atoms with van der Waals surface area (Å²) in [5, 5.41) is 9.19. The number of carbonyl (C=O) groups excluding carboxylic acids is 1. The summed E-state index contributed by atoms with van der Waals surface area (Å²) in [4.78, 5) is 11.6. The predicted molar refractivity (Wildman–Crippen MR) is 72.7 cm³/mol. The second-order valence-electron chi connectivity index (χ2n) is 4.18. The van der Waals surface area contributed by atoms with Crippen molar-refractivity contribution in [2.75, 3.05) is 7.11 Å². The molecule has 2 rings (SSSR count). The summed E-state index contributed by atoms with van der Waals surface area (Å²) in [6, 6.07) is 14.9. The van der Waals surface area contributed by atoms with Gasteiger partial charge in [-0.25, -0.2) is 4.79 Å². The number of ether oxygens (including phenoxy) is 1.